The van der Waals surface area contributed by atoms with Crippen LogP contribution in [0.3, 0.4) is 0 Å². The molecule has 0 aliphatic carbocycles. The molecule has 0 spiro atoms. The molecule has 2 rings (SSSR count). The normalized spacial score (nSPS) is 10.5. The van der Waals surface area contributed by atoms with Crippen LogP contribution in [0, 0.1) is 0 Å². The highest BCUT2D eigenvalue weighted by Crippen LogP contribution is 2.29. The Labute approximate surface area is 110 Å². The molecule has 0 amide bonds. The molecule has 19 heavy (non-hydrogen) atoms. The second-order valence-corrected chi connectivity index (χ2v) is 4.36. The Kier molecular flexibility index (Phi) is 3.75. The molecule has 0 atom stereocenters. The number of nitrogens with zero attached hydrogens (tertiary/aromatic N) is 2. The van der Waals surface area contributed by atoms with Gasteiger partial charge in [0.2, 0.25) is 5.88 Å². The van der Waals surface area contributed by atoms with E-state index in [-0.39, 0.29) is 11.6 Å². The zero-order valence-electron chi connectivity index (χ0n) is 10.7. The number of carboxylic acid groups (broad SMARTS) is 1. The van der Waals surface area contributed by atoms with Crippen LogP contribution in [0.15, 0.2) is 36.4 Å². The second kappa shape index (κ2) is 5.48. The van der Waals surface area contributed by atoms with E-state index >= 15 is 0 Å². The number of hydrogen-bond donors (Lipinski definition) is 1. The largest absolute Gasteiger partial charge is 0.476 e. The highest BCUT2D eigenvalue weighted by molar-refractivity contribution is 5.84. The maximum Gasteiger partial charge on any atom is 0.356 e. The fourth-order valence-corrected chi connectivity index (χ4v) is 1.65. The SMILES string of the molecule is CC(C)c1ccccc1Oc1ccc(C(=O)O)nn1. The molecule has 1 N–H and O–H groups in total. The maximum atomic E-state index is 10.7. The van der Waals surface area contributed by atoms with Crippen molar-refractivity contribution in [1.82, 2.24) is 10.2 Å². The number of rotatable bonds is 4. The van der Waals surface area contributed by atoms with Gasteiger partial charge < -0.3 is 9.84 Å². The van der Waals surface area contributed by atoms with Crippen molar-refractivity contribution >= 4 is 5.97 Å². The van der Waals surface area contributed by atoms with Gasteiger partial charge in [-0.2, -0.15) is 0 Å². The standard InChI is InChI=1S/C14H14N2O3/c1-9(2)10-5-3-4-6-12(10)19-13-8-7-11(14(17)18)15-16-13/h3-9H,1-2H3,(H,17,18). The van der Waals surface area contributed by atoms with Crippen LogP contribution in [0.1, 0.15) is 35.8 Å². The van der Waals surface area contributed by atoms with E-state index in [2.05, 4.69) is 24.0 Å². The molecule has 0 saturated heterocycles. The van der Waals surface area contributed by atoms with E-state index in [0.29, 0.717) is 11.7 Å². The minimum Gasteiger partial charge on any atom is -0.476 e. The van der Waals surface area contributed by atoms with Gasteiger partial charge in [-0.05, 0) is 23.6 Å². The maximum absolute atomic E-state index is 10.7. The molecule has 0 radical (unpaired) electrons. The molecule has 98 valence electrons. The lowest BCUT2D eigenvalue weighted by molar-refractivity contribution is 0.0689. The molecule has 1 aromatic heterocycles. The summed E-state index contributed by atoms with van der Waals surface area (Å²) in [6.45, 7) is 4.14. The number of para-hydroxylation sites is 1. The first-order valence-electron chi connectivity index (χ1n) is 5.91. The van der Waals surface area contributed by atoms with Gasteiger partial charge in [0.05, 0.1) is 0 Å². The van der Waals surface area contributed by atoms with Gasteiger partial charge in [-0.1, -0.05) is 32.0 Å². The summed E-state index contributed by atoms with van der Waals surface area (Å²) in [5, 5.41) is 16.1. The number of carbonyl (C=O) groups is 1. The van der Waals surface area contributed by atoms with E-state index in [0.717, 1.165) is 5.56 Å². The summed E-state index contributed by atoms with van der Waals surface area (Å²) in [5.74, 6) is 0.192. The van der Waals surface area contributed by atoms with Crippen LogP contribution in [-0.2, 0) is 0 Å². The third-order valence-electron chi connectivity index (χ3n) is 2.61. The average molecular weight is 258 g/mol. The Balaban J connectivity index is 2.24. The van der Waals surface area contributed by atoms with E-state index in [9.17, 15) is 4.79 Å². The van der Waals surface area contributed by atoms with E-state index in [1.807, 2.05) is 24.3 Å². The molecule has 0 aliphatic heterocycles. The molecular weight excluding hydrogens is 244 g/mol. The summed E-state index contributed by atoms with van der Waals surface area (Å²) < 4.78 is 5.64. The minimum atomic E-state index is -1.11. The van der Waals surface area contributed by atoms with Gasteiger partial charge in [0.1, 0.15) is 5.75 Å². The number of ether oxygens (including phenoxy) is 1. The Morgan fingerprint density at radius 2 is 1.89 bits per heavy atom. The van der Waals surface area contributed by atoms with Crippen molar-refractivity contribution in [3.8, 4) is 11.6 Å². The Morgan fingerprint density at radius 3 is 2.47 bits per heavy atom. The predicted octanol–water partition coefficient (Wildman–Crippen LogP) is 3.09. The van der Waals surface area contributed by atoms with E-state index in [4.69, 9.17) is 9.84 Å². The van der Waals surface area contributed by atoms with Crippen LogP contribution >= 0.6 is 0 Å². The van der Waals surface area contributed by atoms with Gasteiger partial charge in [0.15, 0.2) is 5.69 Å². The average Bonchev–Trinajstić information content (AvgIpc) is 2.39. The summed E-state index contributed by atoms with van der Waals surface area (Å²) in [7, 11) is 0. The van der Waals surface area contributed by atoms with Gasteiger partial charge in [-0.3, -0.25) is 0 Å². The van der Waals surface area contributed by atoms with Crippen molar-refractivity contribution in [3.63, 3.8) is 0 Å². The number of aromatic carboxylic acids is 1. The molecule has 1 aromatic carbocycles. The zero-order chi connectivity index (χ0) is 13.8. The fraction of sp³-hybridized carbons (Fsp3) is 0.214. The van der Waals surface area contributed by atoms with Gasteiger partial charge in [-0.15, -0.1) is 10.2 Å². The topological polar surface area (TPSA) is 72.3 Å². The lowest BCUT2D eigenvalue weighted by Crippen LogP contribution is -2.02. The van der Waals surface area contributed by atoms with Gasteiger partial charge in [0.25, 0.3) is 0 Å². The number of benzene rings is 1. The Morgan fingerprint density at radius 1 is 1.16 bits per heavy atom. The highest BCUT2D eigenvalue weighted by atomic mass is 16.5. The minimum absolute atomic E-state index is 0.107. The van der Waals surface area contributed by atoms with E-state index < -0.39 is 5.97 Å². The van der Waals surface area contributed by atoms with E-state index in [1.165, 1.54) is 12.1 Å². The lowest BCUT2D eigenvalue weighted by atomic mass is 10.0. The van der Waals surface area contributed by atoms with Crippen LogP contribution in [-0.4, -0.2) is 21.3 Å². The van der Waals surface area contributed by atoms with Crippen molar-refractivity contribution in [2.45, 2.75) is 19.8 Å². The van der Waals surface area contributed by atoms with Gasteiger partial charge in [-0.25, -0.2) is 4.79 Å². The van der Waals surface area contributed by atoms with Crippen molar-refractivity contribution in [3.05, 3.63) is 47.7 Å². The molecule has 0 unspecified atom stereocenters. The number of aromatic nitrogens is 2. The van der Waals surface area contributed by atoms with Crippen LogP contribution in [0.5, 0.6) is 11.6 Å². The summed E-state index contributed by atoms with van der Waals surface area (Å²) >= 11 is 0. The molecule has 1 heterocycles. The van der Waals surface area contributed by atoms with Crippen LogP contribution in [0.25, 0.3) is 0 Å². The third-order valence-corrected chi connectivity index (χ3v) is 2.61. The molecule has 0 bridgehead atoms. The number of hydrogen-bond acceptors (Lipinski definition) is 4. The Hall–Kier alpha value is -2.43. The monoisotopic (exact) mass is 258 g/mol. The second-order valence-electron chi connectivity index (χ2n) is 4.36. The Bertz CT molecular complexity index is 579. The molecule has 0 saturated carbocycles. The van der Waals surface area contributed by atoms with Crippen molar-refractivity contribution in [2.24, 2.45) is 0 Å². The quantitative estimate of drug-likeness (QED) is 0.912. The predicted molar refractivity (Wildman–Crippen MR) is 69.6 cm³/mol. The van der Waals surface area contributed by atoms with Crippen LogP contribution < -0.4 is 4.74 Å². The third kappa shape index (κ3) is 3.07. The fourth-order valence-electron chi connectivity index (χ4n) is 1.65. The smallest absolute Gasteiger partial charge is 0.356 e. The van der Waals surface area contributed by atoms with Gasteiger partial charge in [0, 0.05) is 6.07 Å². The highest BCUT2D eigenvalue weighted by Gasteiger charge is 2.10. The number of carboxylic acids is 1. The van der Waals surface area contributed by atoms with Crippen LogP contribution in [0.4, 0.5) is 0 Å². The first kappa shape index (κ1) is 13.0. The molecule has 0 fully saturated rings. The van der Waals surface area contributed by atoms with E-state index in [1.54, 1.807) is 0 Å². The zero-order valence-corrected chi connectivity index (χ0v) is 10.7. The summed E-state index contributed by atoms with van der Waals surface area (Å²) in [6, 6.07) is 10.5. The van der Waals surface area contributed by atoms with Crippen molar-refractivity contribution < 1.29 is 14.6 Å². The first-order chi connectivity index (χ1) is 9.08. The van der Waals surface area contributed by atoms with Crippen molar-refractivity contribution in [1.29, 1.82) is 0 Å². The molecule has 5 nitrogen and oxygen atoms in total. The molecular formula is C14H14N2O3. The van der Waals surface area contributed by atoms with Crippen LogP contribution in [0.2, 0.25) is 0 Å². The molecule has 0 aliphatic rings. The first-order valence-corrected chi connectivity index (χ1v) is 5.91. The lowest BCUT2D eigenvalue weighted by Gasteiger charge is -2.12. The molecule has 5 heteroatoms. The van der Waals surface area contributed by atoms with Gasteiger partial charge >= 0.3 is 5.97 Å². The summed E-state index contributed by atoms with van der Waals surface area (Å²) in [5.41, 5.74) is 0.955. The molecule has 2 aromatic rings. The van der Waals surface area contributed by atoms with Crippen molar-refractivity contribution in [2.75, 3.05) is 0 Å². The summed E-state index contributed by atoms with van der Waals surface area (Å²) in [6.07, 6.45) is 0. The summed E-state index contributed by atoms with van der Waals surface area (Å²) in [4.78, 5) is 10.7.